The Bertz CT molecular complexity index is 711. The summed E-state index contributed by atoms with van der Waals surface area (Å²) in [5.74, 6) is 0. The summed E-state index contributed by atoms with van der Waals surface area (Å²) < 4.78 is 28.5. The first-order valence-electron chi connectivity index (χ1n) is 5.95. The van der Waals surface area contributed by atoms with Gasteiger partial charge in [0.1, 0.15) is 4.90 Å². The molecule has 4 nitrogen and oxygen atoms in total. The SMILES string of the molecule is CNCc1cc(S(=O)(=O)Nc2ccccc2I)c(C)s1. The molecule has 0 radical (unpaired) electrons. The average molecular weight is 422 g/mol. The zero-order chi connectivity index (χ0) is 14.8. The van der Waals surface area contributed by atoms with Crippen LogP contribution < -0.4 is 10.0 Å². The molecule has 0 amide bonds. The summed E-state index contributed by atoms with van der Waals surface area (Å²) in [4.78, 5) is 2.16. The number of anilines is 1. The fourth-order valence-corrected chi connectivity index (χ4v) is 5.23. The van der Waals surface area contributed by atoms with Gasteiger partial charge < -0.3 is 5.32 Å². The molecular formula is C13H15IN2O2S2. The zero-order valence-electron chi connectivity index (χ0n) is 11.1. The van der Waals surface area contributed by atoms with Gasteiger partial charge in [-0.2, -0.15) is 0 Å². The fourth-order valence-electron chi connectivity index (χ4n) is 1.80. The van der Waals surface area contributed by atoms with Crippen molar-refractivity contribution in [3.63, 3.8) is 0 Å². The number of hydrogen-bond acceptors (Lipinski definition) is 4. The molecule has 0 aliphatic rings. The van der Waals surface area contributed by atoms with Crippen molar-refractivity contribution < 1.29 is 8.42 Å². The second kappa shape index (κ2) is 6.42. The molecule has 1 aromatic heterocycles. The second-order valence-corrected chi connectivity index (χ2v) is 8.40. The van der Waals surface area contributed by atoms with E-state index in [0.717, 1.165) is 13.3 Å². The van der Waals surface area contributed by atoms with Crippen LogP contribution in [0.1, 0.15) is 9.75 Å². The van der Waals surface area contributed by atoms with Crippen LogP contribution in [0.3, 0.4) is 0 Å². The van der Waals surface area contributed by atoms with Crippen molar-refractivity contribution in [2.45, 2.75) is 18.4 Å². The number of sulfonamides is 1. The Morgan fingerprint density at radius 3 is 2.65 bits per heavy atom. The van der Waals surface area contributed by atoms with Crippen LogP contribution in [0.2, 0.25) is 0 Å². The minimum Gasteiger partial charge on any atom is -0.315 e. The molecule has 0 bridgehead atoms. The van der Waals surface area contributed by atoms with Gasteiger partial charge in [-0.15, -0.1) is 11.3 Å². The Morgan fingerprint density at radius 2 is 2.00 bits per heavy atom. The maximum atomic E-state index is 12.5. The second-order valence-electron chi connectivity index (χ2n) is 4.25. The van der Waals surface area contributed by atoms with Gasteiger partial charge in [0, 0.05) is 19.9 Å². The number of thiophene rings is 1. The number of nitrogens with one attached hydrogen (secondary N) is 2. The minimum absolute atomic E-state index is 0.354. The Labute approximate surface area is 136 Å². The van der Waals surface area contributed by atoms with E-state index in [4.69, 9.17) is 0 Å². The maximum absolute atomic E-state index is 12.5. The van der Waals surface area contributed by atoms with E-state index in [1.807, 2.05) is 32.2 Å². The highest BCUT2D eigenvalue weighted by atomic mass is 127. The first-order valence-corrected chi connectivity index (χ1v) is 9.33. The molecule has 20 heavy (non-hydrogen) atoms. The van der Waals surface area contributed by atoms with Gasteiger partial charge in [0.15, 0.2) is 0 Å². The van der Waals surface area contributed by atoms with E-state index in [-0.39, 0.29) is 0 Å². The number of benzene rings is 1. The van der Waals surface area contributed by atoms with Crippen LogP contribution in [-0.4, -0.2) is 15.5 Å². The maximum Gasteiger partial charge on any atom is 0.263 e. The lowest BCUT2D eigenvalue weighted by Crippen LogP contribution is -2.14. The number of hydrogen-bond donors (Lipinski definition) is 2. The highest BCUT2D eigenvalue weighted by Gasteiger charge is 2.20. The van der Waals surface area contributed by atoms with E-state index in [0.29, 0.717) is 17.1 Å². The lowest BCUT2D eigenvalue weighted by atomic mass is 10.3. The summed E-state index contributed by atoms with van der Waals surface area (Å²) >= 11 is 3.61. The van der Waals surface area contributed by atoms with Crippen LogP contribution in [0.5, 0.6) is 0 Å². The third-order valence-corrected chi connectivity index (χ3v) is 6.29. The smallest absolute Gasteiger partial charge is 0.263 e. The van der Waals surface area contributed by atoms with Crippen molar-refractivity contribution in [1.82, 2.24) is 5.32 Å². The lowest BCUT2D eigenvalue weighted by molar-refractivity contribution is 0.601. The molecule has 0 unspecified atom stereocenters. The summed E-state index contributed by atoms with van der Waals surface area (Å²) in [6, 6.07) is 9.04. The van der Waals surface area contributed by atoms with Crippen molar-refractivity contribution in [3.8, 4) is 0 Å². The van der Waals surface area contributed by atoms with Gasteiger partial charge in [0.2, 0.25) is 0 Å². The molecule has 0 fully saturated rings. The fraction of sp³-hybridized carbons (Fsp3) is 0.231. The molecule has 0 aliphatic carbocycles. The van der Waals surface area contributed by atoms with Crippen molar-refractivity contribution in [2.75, 3.05) is 11.8 Å². The summed E-state index contributed by atoms with van der Waals surface area (Å²) in [6.07, 6.45) is 0. The van der Waals surface area contributed by atoms with Crippen molar-refractivity contribution in [2.24, 2.45) is 0 Å². The topological polar surface area (TPSA) is 58.2 Å². The van der Waals surface area contributed by atoms with Crippen LogP contribution >= 0.6 is 33.9 Å². The van der Waals surface area contributed by atoms with Crippen LogP contribution in [0.15, 0.2) is 35.2 Å². The Hall–Kier alpha value is -0.640. The van der Waals surface area contributed by atoms with Crippen LogP contribution in [0.4, 0.5) is 5.69 Å². The minimum atomic E-state index is -3.54. The third kappa shape index (κ3) is 3.51. The van der Waals surface area contributed by atoms with Gasteiger partial charge in [0.25, 0.3) is 10.0 Å². The largest absolute Gasteiger partial charge is 0.315 e. The average Bonchev–Trinajstić information content (AvgIpc) is 2.74. The molecule has 0 spiro atoms. The third-order valence-electron chi connectivity index (χ3n) is 2.68. The van der Waals surface area contributed by atoms with Gasteiger partial charge in [-0.1, -0.05) is 12.1 Å². The highest BCUT2D eigenvalue weighted by Crippen LogP contribution is 2.28. The Morgan fingerprint density at radius 1 is 1.30 bits per heavy atom. The van der Waals surface area contributed by atoms with Gasteiger partial charge in [-0.3, -0.25) is 4.72 Å². The lowest BCUT2D eigenvalue weighted by Gasteiger charge is -2.09. The molecule has 0 saturated carbocycles. The Balaban J connectivity index is 2.33. The van der Waals surface area contributed by atoms with E-state index >= 15 is 0 Å². The standard InChI is InChI=1S/C13H15IN2O2S2/c1-9-13(7-10(19-9)8-15-2)20(17,18)16-12-6-4-3-5-11(12)14/h3-7,15-16H,8H2,1-2H3. The van der Waals surface area contributed by atoms with Gasteiger partial charge in [-0.25, -0.2) is 8.42 Å². The first kappa shape index (κ1) is 15.7. The van der Waals surface area contributed by atoms with E-state index in [9.17, 15) is 8.42 Å². The molecule has 2 aromatic rings. The van der Waals surface area contributed by atoms with Gasteiger partial charge >= 0.3 is 0 Å². The van der Waals surface area contributed by atoms with Crippen LogP contribution in [0.25, 0.3) is 0 Å². The van der Waals surface area contributed by atoms with Crippen molar-refractivity contribution in [1.29, 1.82) is 0 Å². The molecule has 1 aromatic carbocycles. The molecule has 2 N–H and O–H groups in total. The summed E-state index contributed by atoms with van der Waals surface area (Å²) in [5, 5.41) is 3.03. The number of rotatable bonds is 5. The molecule has 108 valence electrons. The van der Waals surface area contributed by atoms with Crippen LogP contribution in [0, 0.1) is 10.5 Å². The summed E-state index contributed by atoms with van der Waals surface area (Å²) in [6.45, 7) is 2.50. The Kier molecular flexibility index (Phi) is 5.05. The molecule has 0 atom stereocenters. The molecule has 0 saturated heterocycles. The molecule has 2 rings (SSSR count). The number of aryl methyl sites for hydroxylation is 1. The van der Waals surface area contributed by atoms with E-state index < -0.39 is 10.0 Å². The zero-order valence-corrected chi connectivity index (χ0v) is 14.9. The highest BCUT2D eigenvalue weighted by molar-refractivity contribution is 14.1. The van der Waals surface area contributed by atoms with Gasteiger partial charge in [-0.05, 0) is 54.8 Å². The van der Waals surface area contributed by atoms with E-state index in [1.54, 1.807) is 12.1 Å². The van der Waals surface area contributed by atoms with E-state index in [1.165, 1.54) is 11.3 Å². The monoisotopic (exact) mass is 422 g/mol. The quantitative estimate of drug-likeness (QED) is 0.728. The van der Waals surface area contributed by atoms with Crippen LogP contribution in [-0.2, 0) is 16.6 Å². The number of para-hydroxylation sites is 1. The normalized spacial score (nSPS) is 11.6. The first-order chi connectivity index (χ1) is 9.44. The molecule has 7 heteroatoms. The number of halogens is 1. The molecule has 1 heterocycles. The van der Waals surface area contributed by atoms with Crippen molar-refractivity contribution >= 4 is 49.6 Å². The molecular weight excluding hydrogens is 407 g/mol. The summed E-state index contributed by atoms with van der Waals surface area (Å²) in [7, 11) is -1.70. The van der Waals surface area contributed by atoms with Crippen molar-refractivity contribution in [3.05, 3.63) is 43.7 Å². The predicted octanol–water partition coefficient (Wildman–Crippen LogP) is 3.18. The summed E-state index contributed by atoms with van der Waals surface area (Å²) in [5.41, 5.74) is 0.605. The predicted molar refractivity (Wildman–Crippen MR) is 91.8 cm³/mol. The van der Waals surface area contributed by atoms with Gasteiger partial charge in [0.05, 0.1) is 5.69 Å². The van der Waals surface area contributed by atoms with E-state index in [2.05, 4.69) is 32.6 Å². The molecule has 0 aliphatic heterocycles.